The average molecular weight is 415 g/mol. The highest BCUT2D eigenvalue weighted by Gasteiger charge is 2.10. The summed E-state index contributed by atoms with van der Waals surface area (Å²) >= 11 is 5.47. The molecule has 0 amide bonds. The molecule has 0 unspecified atom stereocenters. The van der Waals surface area contributed by atoms with Gasteiger partial charge in [0.2, 0.25) is 0 Å². The number of hydrogen-bond donors (Lipinski definition) is 0. The van der Waals surface area contributed by atoms with Crippen LogP contribution in [0.15, 0.2) is 95.5 Å². The molecule has 0 aliphatic carbocycles. The molecule has 1 heterocycles. The fraction of sp³-hybridized carbons (Fsp3) is 0. The molecule has 0 saturated heterocycles. The Hall–Kier alpha value is -2.42. The number of fused-ring (bicyclic) bond motifs is 3. The molecule has 0 fully saturated rings. The third-order valence-electron chi connectivity index (χ3n) is 4.75. The summed E-state index contributed by atoms with van der Waals surface area (Å²) in [7, 11) is 0. The second-order valence-corrected chi connectivity index (χ2v) is 8.36. The van der Waals surface area contributed by atoms with Gasteiger partial charge in [0.1, 0.15) is 0 Å². The van der Waals surface area contributed by atoms with E-state index in [9.17, 15) is 0 Å². The van der Waals surface area contributed by atoms with Gasteiger partial charge in [0.05, 0.1) is 0 Å². The molecule has 0 spiro atoms. The number of rotatable bonds is 2. The van der Waals surface area contributed by atoms with Crippen molar-refractivity contribution in [3.05, 3.63) is 95.5 Å². The van der Waals surface area contributed by atoms with E-state index in [0.717, 1.165) is 4.47 Å². The Morgan fingerprint density at radius 3 is 1.92 bits per heavy atom. The van der Waals surface area contributed by atoms with Crippen LogP contribution in [-0.4, -0.2) is 0 Å². The smallest absolute Gasteiger partial charge is 0.0356 e. The molecular formula is C24H15BrS. The first kappa shape index (κ1) is 15.8. The Morgan fingerprint density at radius 1 is 0.538 bits per heavy atom. The van der Waals surface area contributed by atoms with E-state index in [-0.39, 0.29) is 0 Å². The Morgan fingerprint density at radius 2 is 1.15 bits per heavy atom. The normalized spacial score (nSPS) is 11.3. The monoisotopic (exact) mass is 414 g/mol. The summed E-state index contributed by atoms with van der Waals surface area (Å²) in [6.07, 6.45) is 0. The molecule has 0 aliphatic heterocycles. The molecule has 124 valence electrons. The molecule has 0 nitrogen and oxygen atoms in total. The number of thiophene rings is 1. The van der Waals surface area contributed by atoms with Crippen LogP contribution in [0.5, 0.6) is 0 Å². The molecule has 5 aromatic rings. The number of hydrogen-bond acceptors (Lipinski definition) is 1. The van der Waals surface area contributed by atoms with Crippen molar-refractivity contribution in [2.24, 2.45) is 0 Å². The van der Waals surface area contributed by atoms with Crippen LogP contribution in [0.2, 0.25) is 0 Å². The summed E-state index contributed by atoms with van der Waals surface area (Å²) in [4.78, 5) is 0. The SMILES string of the molecule is Brc1ccc2sc3ccc(-c4ccccc4-c4ccccc4)cc3c2c1. The van der Waals surface area contributed by atoms with Crippen LogP contribution >= 0.6 is 27.3 Å². The van der Waals surface area contributed by atoms with Gasteiger partial charge in [-0.3, -0.25) is 0 Å². The lowest BCUT2D eigenvalue weighted by molar-refractivity contribution is 1.60. The second-order valence-electron chi connectivity index (χ2n) is 6.37. The molecule has 4 aromatic carbocycles. The second kappa shape index (κ2) is 6.39. The van der Waals surface area contributed by atoms with Gasteiger partial charge in [-0.25, -0.2) is 0 Å². The van der Waals surface area contributed by atoms with E-state index in [2.05, 4.69) is 107 Å². The molecule has 2 heteroatoms. The summed E-state index contributed by atoms with van der Waals surface area (Å²) in [5.74, 6) is 0. The van der Waals surface area contributed by atoms with Crippen LogP contribution in [0.4, 0.5) is 0 Å². The standard InChI is InChI=1S/C24H15BrS/c25-18-11-13-24-22(15-18)21-14-17(10-12-23(21)26-24)20-9-5-4-8-19(20)16-6-2-1-3-7-16/h1-15H. The minimum atomic E-state index is 1.12. The summed E-state index contributed by atoms with van der Waals surface area (Å²) in [5, 5.41) is 2.64. The molecule has 0 bridgehead atoms. The van der Waals surface area contributed by atoms with E-state index in [1.54, 1.807) is 0 Å². The first-order chi connectivity index (χ1) is 12.8. The maximum absolute atomic E-state index is 3.61. The van der Waals surface area contributed by atoms with Crippen molar-refractivity contribution in [1.82, 2.24) is 0 Å². The zero-order valence-corrected chi connectivity index (χ0v) is 16.3. The Kier molecular flexibility index (Phi) is 3.88. The molecular weight excluding hydrogens is 400 g/mol. The summed E-state index contributed by atoms with van der Waals surface area (Å²) < 4.78 is 3.79. The van der Waals surface area contributed by atoms with E-state index in [4.69, 9.17) is 0 Å². The van der Waals surface area contributed by atoms with Gasteiger partial charge in [0.15, 0.2) is 0 Å². The zero-order valence-electron chi connectivity index (χ0n) is 13.9. The van der Waals surface area contributed by atoms with Crippen molar-refractivity contribution < 1.29 is 0 Å². The zero-order chi connectivity index (χ0) is 17.5. The van der Waals surface area contributed by atoms with E-state index < -0.39 is 0 Å². The van der Waals surface area contributed by atoms with Crippen molar-refractivity contribution in [3.8, 4) is 22.3 Å². The van der Waals surface area contributed by atoms with Gasteiger partial charge in [-0.1, -0.05) is 76.6 Å². The van der Waals surface area contributed by atoms with E-state index >= 15 is 0 Å². The van der Waals surface area contributed by atoms with E-state index in [1.807, 2.05) is 11.3 Å². The van der Waals surface area contributed by atoms with Crippen LogP contribution in [-0.2, 0) is 0 Å². The van der Waals surface area contributed by atoms with Crippen LogP contribution < -0.4 is 0 Å². The summed E-state index contributed by atoms with van der Waals surface area (Å²) in [6.45, 7) is 0. The highest BCUT2D eigenvalue weighted by molar-refractivity contribution is 9.10. The van der Waals surface area contributed by atoms with Gasteiger partial charge in [-0.05, 0) is 52.6 Å². The maximum atomic E-state index is 3.61. The molecule has 0 aliphatic rings. The van der Waals surface area contributed by atoms with Crippen LogP contribution in [0.1, 0.15) is 0 Å². The lowest BCUT2D eigenvalue weighted by Gasteiger charge is -2.10. The van der Waals surface area contributed by atoms with Gasteiger partial charge in [-0.15, -0.1) is 11.3 Å². The topological polar surface area (TPSA) is 0 Å². The molecule has 0 atom stereocenters. The first-order valence-corrected chi connectivity index (χ1v) is 10.2. The van der Waals surface area contributed by atoms with Crippen LogP contribution in [0.3, 0.4) is 0 Å². The van der Waals surface area contributed by atoms with Crippen molar-refractivity contribution in [3.63, 3.8) is 0 Å². The van der Waals surface area contributed by atoms with E-state index in [0.29, 0.717) is 0 Å². The predicted octanol–water partition coefficient (Wildman–Crippen LogP) is 8.15. The Balaban J connectivity index is 1.75. The van der Waals surface area contributed by atoms with Crippen molar-refractivity contribution in [2.45, 2.75) is 0 Å². The van der Waals surface area contributed by atoms with Crippen molar-refractivity contribution in [1.29, 1.82) is 0 Å². The van der Waals surface area contributed by atoms with Gasteiger partial charge >= 0.3 is 0 Å². The average Bonchev–Trinajstić information content (AvgIpc) is 3.06. The Labute approximate surface area is 164 Å². The molecule has 26 heavy (non-hydrogen) atoms. The largest absolute Gasteiger partial charge is 0.135 e. The fourth-order valence-corrected chi connectivity index (χ4v) is 4.95. The predicted molar refractivity (Wildman–Crippen MR) is 118 cm³/mol. The molecule has 5 rings (SSSR count). The van der Waals surface area contributed by atoms with Crippen LogP contribution in [0, 0.1) is 0 Å². The highest BCUT2D eigenvalue weighted by atomic mass is 79.9. The van der Waals surface area contributed by atoms with Gasteiger partial charge < -0.3 is 0 Å². The minimum Gasteiger partial charge on any atom is -0.135 e. The molecule has 0 radical (unpaired) electrons. The highest BCUT2D eigenvalue weighted by Crippen LogP contribution is 2.39. The van der Waals surface area contributed by atoms with Gasteiger partial charge in [0.25, 0.3) is 0 Å². The molecule has 0 N–H and O–H groups in total. The lowest BCUT2D eigenvalue weighted by Crippen LogP contribution is -1.84. The molecule has 1 aromatic heterocycles. The molecule has 0 saturated carbocycles. The quantitative estimate of drug-likeness (QED) is 0.273. The fourth-order valence-electron chi connectivity index (χ4n) is 3.52. The van der Waals surface area contributed by atoms with E-state index in [1.165, 1.54) is 42.4 Å². The first-order valence-electron chi connectivity index (χ1n) is 8.56. The minimum absolute atomic E-state index is 1.12. The summed E-state index contributed by atoms with van der Waals surface area (Å²) in [6, 6.07) is 32.6. The lowest BCUT2D eigenvalue weighted by atomic mass is 9.94. The third kappa shape index (κ3) is 2.66. The number of halogens is 1. The number of benzene rings is 4. The van der Waals surface area contributed by atoms with Crippen LogP contribution in [0.25, 0.3) is 42.4 Å². The maximum Gasteiger partial charge on any atom is 0.0356 e. The van der Waals surface area contributed by atoms with Crippen molar-refractivity contribution >= 4 is 47.4 Å². The van der Waals surface area contributed by atoms with Crippen molar-refractivity contribution in [2.75, 3.05) is 0 Å². The van der Waals surface area contributed by atoms with Gasteiger partial charge in [0, 0.05) is 24.6 Å². The third-order valence-corrected chi connectivity index (χ3v) is 6.40. The Bertz CT molecular complexity index is 1240. The summed E-state index contributed by atoms with van der Waals surface area (Å²) in [5.41, 5.74) is 5.06. The van der Waals surface area contributed by atoms with Gasteiger partial charge in [-0.2, -0.15) is 0 Å².